The van der Waals surface area contributed by atoms with E-state index < -0.39 is 21.5 Å². The number of hydrogen-bond donors (Lipinski definition) is 1. The van der Waals surface area contributed by atoms with E-state index in [0.29, 0.717) is 28.5 Å². The summed E-state index contributed by atoms with van der Waals surface area (Å²) in [6.45, 7) is 3.58. The number of nitrogens with zero attached hydrogens (tertiary/aromatic N) is 1. The third-order valence-corrected chi connectivity index (χ3v) is 6.67. The molecule has 168 valence electrons. The van der Waals surface area contributed by atoms with Crippen LogP contribution in [0.5, 0.6) is 11.5 Å². The molecular formula is C22H27ClN2O5S. The number of methoxy groups -OCH3 is 1. The molecular weight excluding hydrogens is 440 g/mol. The molecule has 2 aromatic rings. The van der Waals surface area contributed by atoms with Crippen molar-refractivity contribution in [3.05, 3.63) is 58.6 Å². The molecule has 0 radical (unpaired) electrons. The van der Waals surface area contributed by atoms with Crippen molar-refractivity contribution in [2.24, 2.45) is 0 Å². The average molecular weight is 467 g/mol. The van der Waals surface area contributed by atoms with Crippen LogP contribution in [-0.4, -0.2) is 44.1 Å². The maximum Gasteiger partial charge on any atom is 0.235 e. The number of ether oxygens (including phenoxy) is 2. The number of nitrogens with one attached hydrogen (secondary N) is 1. The number of amides is 1. The predicted molar refractivity (Wildman–Crippen MR) is 120 cm³/mol. The number of halogens is 1. The van der Waals surface area contributed by atoms with E-state index in [1.807, 2.05) is 19.9 Å². The van der Waals surface area contributed by atoms with Gasteiger partial charge in [0, 0.05) is 29.6 Å². The summed E-state index contributed by atoms with van der Waals surface area (Å²) >= 11 is 6.18. The highest BCUT2D eigenvalue weighted by molar-refractivity contribution is 7.88. The largest absolute Gasteiger partial charge is 0.497 e. The fraction of sp³-hybridized carbons (Fsp3) is 0.409. The van der Waals surface area contributed by atoms with Gasteiger partial charge in [-0.15, -0.1) is 0 Å². The van der Waals surface area contributed by atoms with Crippen LogP contribution in [0.2, 0.25) is 5.02 Å². The Morgan fingerprint density at radius 2 is 2.00 bits per heavy atom. The number of carbonyl (C=O) groups is 1. The molecule has 1 aliphatic heterocycles. The first-order chi connectivity index (χ1) is 14.5. The lowest BCUT2D eigenvalue weighted by Gasteiger charge is -2.38. The van der Waals surface area contributed by atoms with Crippen LogP contribution in [0.3, 0.4) is 0 Å². The van der Waals surface area contributed by atoms with E-state index in [4.69, 9.17) is 21.1 Å². The molecule has 2 aromatic carbocycles. The Kier molecular flexibility index (Phi) is 6.83. The lowest BCUT2D eigenvalue weighted by atomic mass is 9.89. The van der Waals surface area contributed by atoms with Gasteiger partial charge in [-0.2, -0.15) is 4.31 Å². The van der Waals surface area contributed by atoms with E-state index in [-0.39, 0.29) is 19.1 Å². The fourth-order valence-electron chi connectivity index (χ4n) is 3.59. The first-order valence-electron chi connectivity index (χ1n) is 9.83. The Hall–Kier alpha value is -2.29. The Balaban J connectivity index is 1.79. The van der Waals surface area contributed by atoms with Crippen molar-refractivity contribution in [1.29, 1.82) is 0 Å². The van der Waals surface area contributed by atoms with Crippen LogP contribution in [0.1, 0.15) is 37.4 Å². The minimum Gasteiger partial charge on any atom is -0.497 e. The molecule has 0 aliphatic carbocycles. The zero-order valence-corrected chi connectivity index (χ0v) is 19.6. The van der Waals surface area contributed by atoms with Gasteiger partial charge in [0.15, 0.2) is 0 Å². The van der Waals surface area contributed by atoms with Crippen LogP contribution >= 0.6 is 11.6 Å². The highest BCUT2D eigenvalue weighted by atomic mass is 35.5. The quantitative estimate of drug-likeness (QED) is 0.674. The van der Waals surface area contributed by atoms with Gasteiger partial charge in [0.25, 0.3) is 0 Å². The van der Waals surface area contributed by atoms with Gasteiger partial charge in [-0.1, -0.05) is 29.8 Å². The molecule has 1 amide bonds. The summed E-state index contributed by atoms with van der Waals surface area (Å²) in [4.78, 5) is 12.9. The summed E-state index contributed by atoms with van der Waals surface area (Å²) in [6.07, 6.45) is 1.62. The number of hydrogen-bond acceptors (Lipinski definition) is 5. The van der Waals surface area contributed by atoms with Crippen molar-refractivity contribution < 1.29 is 22.7 Å². The van der Waals surface area contributed by atoms with Gasteiger partial charge in [0.2, 0.25) is 15.9 Å². The van der Waals surface area contributed by atoms with Crippen LogP contribution < -0.4 is 14.8 Å². The number of carbonyl (C=O) groups excluding carboxylic acids is 1. The van der Waals surface area contributed by atoms with Crippen LogP contribution in [0.15, 0.2) is 42.5 Å². The predicted octanol–water partition coefficient (Wildman–Crippen LogP) is 3.53. The summed E-state index contributed by atoms with van der Waals surface area (Å²) in [5.41, 5.74) is 0.947. The number of sulfonamides is 1. The van der Waals surface area contributed by atoms with Gasteiger partial charge in [-0.3, -0.25) is 4.79 Å². The molecule has 0 saturated carbocycles. The molecule has 31 heavy (non-hydrogen) atoms. The topological polar surface area (TPSA) is 84.9 Å². The Labute approximate surface area is 188 Å². The third kappa shape index (κ3) is 5.90. The zero-order valence-electron chi connectivity index (χ0n) is 18.0. The molecule has 7 nitrogen and oxygen atoms in total. The summed E-state index contributed by atoms with van der Waals surface area (Å²) in [5.74, 6) is 0.892. The first kappa shape index (κ1) is 23.4. The van der Waals surface area contributed by atoms with Gasteiger partial charge in [-0.05, 0) is 37.6 Å². The fourth-order valence-corrected chi connectivity index (χ4v) is 4.52. The van der Waals surface area contributed by atoms with E-state index in [1.165, 1.54) is 0 Å². The molecule has 0 aromatic heterocycles. The minimum absolute atomic E-state index is 0.0129. The van der Waals surface area contributed by atoms with Crippen molar-refractivity contribution >= 4 is 27.5 Å². The Morgan fingerprint density at radius 1 is 1.29 bits per heavy atom. The molecule has 1 N–H and O–H groups in total. The van der Waals surface area contributed by atoms with Gasteiger partial charge in [-0.25, -0.2) is 8.42 Å². The van der Waals surface area contributed by atoms with E-state index in [1.54, 1.807) is 43.5 Å². The van der Waals surface area contributed by atoms with E-state index in [2.05, 4.69) is 5.32 Å². The summed E-state index contributed by atoms with van der Waals surface area (Å²) in [6, 6.07) is 12.1. The molecule has 1 heterocycles. The second-order valence-corrected chi connectivity index (χ2v) is 10.6. The van der Waals surface area contributed by atoms with E-state index in [9.17, 15) is 13.2 Å². The molecule has 0 fully saturated rings. The van der Waals surface area contributed by atoms with Crippen molar-refractivity contribution in [3.63, 3.8) is 0 Å². The van der Waals surface area contributed by atoms with Crippen LogP contribution in [-0.2, 0) is 21.4 Å². The summed E-state index contributed by atoms with van der Waals surface area (Å²) in [5, 5.41) is 3.42. The SMILES string of the molecule is COc1ccc2c(c1)OC(C)(C)C[C@@H]2NC(=O)CN(Cc1ccccc1Cl)S(C)(=O)=O. The second-order valence-electron chi connectivity index (χ2n) is 8.21. The lowest BCUT2D eigenvalue weighted by Crippen LogP contribution is -2.45. The first-order valence-corrected chi connectivity index (χ1v) is 12.1. The van der Waals surface area contributed by atoms with Crippen LogP contribution in [0.25, 0.3) is 0 Å². The standard InChI is InChI=1S/C22H27ClN2O5S/c1-22(2)12-19(17-10-9-16(29-3)11-20(17)30-22)24-21(26)14-25(31(4,27)28)13-15-7-5-6-8-18(15)23/h5-11,19H,12-14H2,1-4H3,(H,24,26)/t19-/m0/s1. The third-order valence-electron chi connectivity index (χ3n) is 5.11. The van der Waals surface area contributed by atoms with Crippen molar-refractivity contribution in [2.45, 2.75) is 38.5 Å². The zero-order chi connectivity index (χ0) is 22.8. The molecule has 0 unspecified atom stereocenters. The summed E-state index contributed by atoms with van der Waals surface area (Å²) < 4.78 is 37.1. The number of benzene rings is 2. The molecule has 9 heteroatoms. The van der Waals surface area contributed by atoms with E-state index >= 15 is 0 Å². The Bertz CT molecular complexity index is 1070. The average Bonchev–Trinajstić information content (AvgIpc) is 2.66. The van der Waals surface area contributed by atoms with Crippen molar-refractivity contribution in [1.82, 2.24) is 9.62 Å². The van der Waals surface area contributed by atoms with Gasteiger partial charge >= 0.3 is 0 Å². The molecule has 3 rings (SSSR count). The lowest BCUT2D eigenvalue weighted by molar-refractivity contribution is -0.122. The van der Waals surface area contributed by atoms with Crippen molar-refractivity contribution in [2.75, 3.05) is 19.9 Å². The highest BCUT2D eigenvalue weighted by Crippen LogP contribution is 2.41. The molecule has 0 saturated heterocycles. The monoisotopic (exact) mass is 466 g/mol. The van der Waals surface area contributed by atoms with E-state index in [0.717, 1.165) is 16.1 Å². The second kappa shape index (κ2) is 9.06. The van der Waals surface area contributed by atoms with Crippen LogP contribution in [0, 0.1) is 0 Å². The number of fused-ring (bicyclic) bond motifs is 1. The molecule has 1 aliphatic rings. The van der Waals surface area contributed by atoms with Gasteiger partial charge < -0.3 is 14.8 Å². The van der Waals surface area contributed by atoms with Gasteiger partial charge in [0.05, 0.1) is 26.0 Å². The normalized spacial score (nSPS) is 17.5. The summed E-state index contributed by atoms with van der Waals surface area (Å²) in [7, 11) is -2.06. The number of rotatable bonds is 7. The smallest absolute Gasteiger partial charge is 0.235 e. The molecule has 0 bridgehead atoms. The molecule has 1 atom stereocenters. The van der Waals surface area contributed by atoms with Gasteiger partial charge in [0.1, 0.15) is 17.1 Å². The molecule has 0 spiro atoms. The minimum atomic E-state index is -3.64. The van der Waals surface area contributed by atoms with Crippen molar-refractivity contribution in [3.8, 4) is 11.5 Å². The maximum atomic E-state index is 12.9. The maximum absolute atomic E-state index is 12.9. The Morgan fingerprint density at radius 3 is 2.65 bits per heavy atom. The van der Waals surface area contributed by atoms with Crippen LogP contribution in [0.4, 0.5) is 0 Å². The highest BCUT2D eigenvalue weighted by Gasteiger charge is 2.35.